The van der Waals surface area contributed by atoms with Gasteiger partial charge in [-0.25, -0.2) is 9.18 Å². The average Bonchev–Trinajstić information content (AvgIpc) is 2.50. The number of esters is 1. The summed E-state index contributed by atoms with van der Waals surface area (Å²) in [7, 11) is 1.33. The van der Waals surface area contributed by atoms with Crippen LogP contribution >= 0.6 is 0 Å². The van der Waals surface area contributed by atoms with E-state index in [4.69, 9.17) is 5.73 Å². The number of ether oxygens (including phenoxy) is 1. The highest BCUT2D eigenvalue weighted by molar-refractivity contribution is 5.91. The standard InChI is InChI=1S/C16H17FN2O2/c1-21-16(20)12-4-7-14(18)15(10-12)19-9-8-11-2-5-13(17)6-3-11/h2-7,10,19H,8-9,18H2,1H3. The number of halogens is 1. The van der Waals surface area contributed by atoms with Gasteiger partial charge in [-0.15, -0.1) is 0 Å². The van der Waals surface area contributed by atoms with Crippen LogP contribution in [0, 0.1) is 5.82 Å². The lowest BCUT2D eigenvalue weighted by Crippen LogP contribution is -2.09. The molecule has 0 fully saturated rings. The summed E-state index contributed by atoms with van der Waals surface area (Å²) in [4.78, 5) is 11.5. The van der Waals surface area contributed by atoms with Crippen molar-refractivity contribution in [2.45, 2.75) is 6.42 Å². The molecule has 2 aromatic carbocycles. The Balaban J connectivity index is 1.99. The zero-order valence-electron chi connectivity index (χ0n) is 11.7. The molecule has 0 aliphatic rings. The van der Waals surface area contributed by atoms with Crippen LogP contribution in [0.3, 0.4) is 0 Å². The van der Waals surface area contributed by atoms with Crippen molar-refractivity contribution in [1.82, 2.24) is 0 Å². The predicted octanol–water partition coefficient (Wildman–Crippen LogP) is 2.85. The lowest BCUT2D eigenvalue weighted by atomic mass is 10.1. The predicted molar refractivity (Wildman–Crippen MR) is 80.8 cm³/mol. The Hall–Kier alpha value is -2.56. The minimum atomic E-state index is -0.406. The van der Waals surface area contributed by atoms with Crippen LogP contribution in [0.4, 0.5) is 15.8 Å². The number of nitrogens with two attached hydrogens (primary N) is 1. The Kier molecular flexibility index (Phi) is 4.77. The fourth-order valence-electron chi connectivity index (χ4n) is 1.95. The van der Waals surface area contributed by atoms with Gasteiger partial charge in [0.15, 0.2) is 0 Å². The summed E-state index contributed by atoms with van der Waals surface area (Å²) in [6, 6.07) is 11.3. The van der Waals surface area contributed by atoms with Gasteiger partial charge in [-0.2, -0.15) is 0 Å². The highest BCUT2D eigenvalue weighted by atomic mass is 19.1. The van der Waals surface area contributed by atoms with Crippen molar-refractivity contribution in [3.05, 3.63) is 59.4 Å². The van der Waals surface area contributed by atoms with Crippen LogP contribution in [0.5, 0.6) is 0 Å². The first-order valence-electron chi connectivity index (χ1n) is 6.56. The molecule has 110 valence electrons. The zero-order valence-corrected chi connectivity index (χ0v) is 11.7. The van der Waals surface area contributed by atoms with Crippen LogP contribution in [0.25, 0.3) is 0 Å². The van der Waals surface area contributed by atoms with E-state index >= 15 is 0 Å². The van der Waals surface area contributed by atoms with Gasteiger partial charge in [0, 0.05) is 6.54 Å². The van der Waals surface area contributed by atoms with Gasteiger partial charge in [0.1, 0.15) is 5.82 Å². The molecule has 3 N–H and O–H groups in total. The Morgan fingerprint density at radius 3 is 2.62 bits per heavy atom. The third-order valence-corrected chi connectivity index (χ3v) is 3.12. The number of nitrogen functional groups attached to an aromatic ring is 1. The van der Waals surface area contributed by atoms with Crippen molar-refractivity contribution in [3.8, 4) is 0 Å². The van der Waals surface area contributed by atoms with Crippen LogP contribution in [0.15, 0.2) is 42.5 Å². The average molecular weight is 288 g/mol. The fourth-order valence-corrected chi connectivity index (χ4v) is 1.95. The van der Waals surface area contributed by atoms with Crippen molar-refractivity contribution in [1.29, 1.82) is 0 Å². The van der Waals surface area contributed by atoms with Gasteiger partial charge in [0.05, 0.1) is 24.0 Å². The molecule has 2 aromatic rings. The molecule has 5 heteroatoms. The molecular formula is C16H17FN2O2. The monoisotopic (exact) mass is 288 g/mol. The van der Waals surface area contributed by atoms with Crippen molar-refractivity contribution in [3.63, 3.8) is 0 Å². The molecule has 0 bridgehead atoms. The second kappa shape index (κ2) is 6.74. The molecule has 0 amide bonds. The van der Waals surface area contributed by atoms with Gasteiger partial charge >= 0.3 is 5.97 Å². The highest BCUT2D eigenvalue weighted by Crippen LogP contribution is 2.20. The molecule has 0 saturated carbocycles. The van der Waals surface area contributed by atoms with E-state index in [1.54, 1.807) is 30.3 Å². The van der Waals surface area contributed by atoms with Gasteiger partial charge in [-0.1, -0.05) is 12.1 Å². The molecule has 0 aliphatic heterocycles. The lowest BCUT2D eigenvalue weighted by Gasteiger charge is -2.11. The lowest BCUT2D eigenvalue weighted by molar-refractivity contribution is 0.0601. The molecule has 4 nitrogen and oxygen atoms in total. The maximum atomic E-state index is 12.8. The fraction of sp³-hybridized carbons (Fsp3) is 0.188. The number of hydrogen-bond donors (Lipinski definition) is 2. The number of methoxy groups -OCH3 is 1. The Labute approximate surface area is 122 Å². The maximum Gasteiger partial charge on any atom is 0.337 e. The molecule has 0 aromatic heterocycles. The van der Waals surface area contributed by atoms with Crippen LogP contribution in [0.1, 0.15) is 15.9 Å². The summed E-state index contributed by atoms with van der Waals surface area (Å²) < 4.78 is 17.5. The van der Waals surface area contributed by atoms with Crippen molar-refractivity contribution >= 4 is 17.3 Å². The van der Waals surface area contributed by atoms with Crippen LogP contribution in [-0.2, 0) is 11.2 Å². The van der Waals surface area contributed by atoms with E-state index in [1.807, 2.05) is 0 Å². The quantitative estimate of drug-likeness (QED) is 0.656. The Morgan fingerprint density at radius 1 is 1.24 bits per heavy atom. The largest absolute Gasteiger partial charge is 0.465 e. The molecule has 0 heterocycles. The number of anilines is 2. The van der Waals surface area contributed by atoms with E-state index in [2.05, 4.69) is 10.1 Å². The van der Waals surface area contributed by atoms with Crippen molar-refractivity contribution in [2.75, 3.05) is 24.7 Å². The van der Waals surface area contributed by atoms with E-state index in [-0.39, 0.29) is 5.82 Å². The third kappa shape index (κ3) is 3.95. The van der Waals surface area contributed by atoms with Crippen molar-refractivity contribution < 1.29 is 13.9 Å². The Bertz CT molecular complexity index is 627. The molecule has 2 rings (SSSR count). The summed E-state index contributed by atoms with van der Waals surface area (Å²) in [6.07, 6.45) is 0.724. The summed E-state index contributed by atoms with van der Waals surface area (Å²) in [5.74, 6) is -0.654. The normalized spacial score (nSPS) is 10.2. The minimum absolute atomic E-state index is 0.248. The van der Waals surface area contributed by atoms with Crippen LogP contribution < -0.4 is 11.1 Å². The van der Waals surface area contributed by atoms with Gasteiger partial charge < -0.3 is 15.8 Å². The van der Waals surface area contributed by atoms with Gasteiger partial charge in [0.2, 0.25) is 0 Å². The Morgan fingerprint density at radius 2 is 1.95 bits per heavy atom. The van der Waals surface area contributed by atoms with E-state index in [1.165, 1.54) is 19.2 Å². The number of nitrogens with one attached hydrogen (secondary N) is 1. The van der Waals surface area contributed by atoms with Gasteiger partial charge in [0.25, 0.3) is 0 Å². The number of rotatable bonds is 5. The van der Waals surface area contributed by atoms with E-state index in [9.17, 15) is 9.18 Å². The second-order valence-electron chi connectivity index (χ2n) is 4.60. The number of benzene rings is 2. The zero-order chi connectivity index (χ0) is 15.2. The molecule has 0 radical (unpaired) electrons. The van der Waals surface area contributed by atoms with Crippen molar-refractivity contribution in [2.24, 2.45) is 0 Å². The van der Waals surface area contributed by atoms with Crippen LogP contribution in [-0.4, -0.2) is 19.6 Å². The maximum absolute atomic E-state index is 12.8. The molecule has 0 unspecified atom stereocenters. The minimum Gasteiger partial charge on any atom is -0.465 e. The summed E-state index contributed by atoms with van der Waals surface area (Å²) in [5, 5.41) is 3.17. The topological polar surface area (TPSA) is 64.3 Å². The smallest absolute Gasteiger partial charge is 0.337 e. The first kappa shape index (κ1) is 14.8. The molecule has 0 atom stereocenters. The molecule has 0 aliphatic carbocycles. The summed E-state index contributed by atoms with van der Waals surface area (Å²) in [5.41, 5.74) is 8.56. The molecule has 0 saturated heterocycles. The molecular weight excluding hydrogens is 271 g/mol. The highest BCUT2D eigenvalue weighted by Gasteiger charge is 2.08. The SMILES string of the molecule is COC(=O)c1ccc(N)c(NCCc2ccc(F)cc2)c1. The van der Waals surface area contributed by atoms with E-state index in [0.29, 0.717) is 23.5 Å². The van der Waals surface area contributed by atoms with Gasteiger partial charge in [-0.05, 0) is 42.3 Å². The second-order valence-corrected chi connectivity index (χ2v) is 4.60. The molecule has 21 heavy (non-hydrogen) atoms. The summed E-state index contributed by atoms with van der Waals surface area (Å²) >= 11 is 0. The number of hydrogen-bond acceptors (Lipinski definition) is 4. The van der Waals surface area contributed by atoms with Gasteiger partial charge in [-0.3, -0.25) is 0 Å². The van der Waals surface area contributed by atoms with Crippen LogP contribution in [0.2, 0.25) is 0 Å². The van der Waals surface area contributed by atoms with E-state index in [0.717, 1.165) is 12.0 Å². The first-order chi connectivity index (χ1) is 10.1. The molecule has 0 spiro atoms. The van der Waals surface area contributed by atoms with E-state index < -0.39 is 5.97 Å². The number of carbonyl (C=O) groups excluding carboxylic acids is 1. The first-order valence-corrected chi connectivity index (χ1v) is 6.56. The third-order valence-electron chi connectivity index (χ3n) is 3.12. The number of carbonyl (C=O) groups is 1. The summed E-state index contributed by atoms with van der Waals surface area (Å²) in [6.45, 7) is 0.625.